The summed E-state index contributed by atoms with van der Waals surface area (Å²) in [7, 11) is 0. The van der Waals surface area contributed by atoms with Crippen LogP contribution in [0.15, 0.2) is 0 Å². The molecule has 4 rings (SSSR count). The van der Waals surface area contributed by atoms with Gasteiger partial charge in [-0.2, -0.15) is 0 Å². The molecule has 20 heavy (non-hydrogen) atoms. The van der Waals surface area contributed by atoms with Crippen LogP contribution in [0.2, 0.25) is 0 Å². The molecule has 0 saturated heterocycles. The minimum absolute atomic E-state index is 0.336. The van der Waals surface area contributed by atoms with E-state index in [1.807, 2.05) is 0 Å². The quantitative estimate of drug-likeness (QED) is 0.680. The first-order valence-corrected chi connectivity index (χ1v) is 9.11. The Labute approximate surface area is 128 Å². The summed E-state index contributed by atoms with van der Waals surface area (Å²) in [5, 5.41) is 0. The Kier molecular flexibility index (Phi) is 4.59. The fourth-order valence-corrected chi connectivity index (χ4v) is 5.53. The maximum Gasteiger partial charge on any atom is 0.226 e. The monoisotopic (exact) mass is 297 g/mol. The molecular weight excluding hydrogens is 270 g/mol. The second-order valence-corrected chi connectivity index (χ2v) is 7.70. The lowest BCUT2D eigenvalue weighted by atomic mass is 9.51. The molecule has 0 unspecified atom stereocenters. The van der Waals surface area contributed by atoms with E-state index in [-0.39, 0.29) is 0 Å². The lowest BCUT2D eigenvalue weighted by Gasteiger charge is -2.54. The second kappa shape index (κ2) is 6.25. The number of halogens is 1. The molecule has 1 amide bonds. The molecule has 0 aliphatic heterocycles. The van der Waals surface area contributed by atoms with Gasteiger partial charge in [0, 0.05) is 24.9 Å². The third-order valence-corrected chi connectivity index (χ3v) is 6.13. The summed E-state index contributed by atoms with van der Waals surface area (Å²) in [6.45, 7) is 3.83. The van der Waals surface area contributed by atoms with Gasteiger partial charge in [-0.25, -0.2) is 0 Å². The lowest BCUT2D eigenvalue weighted by molar-refractivity contribution is -0.148. The second-order valence-electron chi connectivity index (χ2n) is 7.32. The fraction of sp³-hybridized carbons (Fsp3) is 0.941. The van der Waals surface area contributed by atoms with Crippen molar-refractivity contribution >= 4 is 17.5 Å². The average molecular weight is 298 g/mol. The van der Waals surface area contributed by atoms with Crippen LogP contribution in [0.1, 0.15) is 51.9 Å². The van der Waals surface area contributed by atoms with Gasteiger partial charge in [0.05, 0.1) is 0 Å². The molecule has 0 aromatic heterocycles. The largest absolute Gasteiger partial charge is 0.341 e. The van der Waals surface area contributed by atoms with E-state index in [0.29, 0.717) is 29.5 Å². The van der Waals surface area contributed by atoms with Gasteiger partial charge in [-0.1, -0.05) is 13.3 Å². The van der Waals surface area contributed by atoms with Crippen molar-refractivity contribution in [3.8, 4) is 0 Å². The summed E-state index contributed by atoms with van der Waals surface area (Å²) in [6, 6.07) is 0. The SMILES string of the molecule is CCCCN(CCCl)C(=O)C1C2CC3CC(C2)CC1C3. The molecule has 4 aliphatic carbocycles. The molecule has 4 bridgehead atoms. The lowest BCUT2D eigenvalue weighted by Crippen LogP contribution is -2.52. The number of nitrogens with zero attached hydrogens (tertiary/aromatic N) is 1. The predicted molar refractivity (Wildman–Crippen MR) is 82.7 cm³/mol. The molecule has 0 atom stereocenters. The minimum Gasteiger partial charge on any atom is -0.341 e. The van der Waals surface area contributed by atoms with Crippen LogP contribution < -0.4 is 0 Å². The van der Waals surface area contributed by atoms with E-state index in [2.05, 4.69) is 11.8 Å². The van der Waals surface area contributed by atoms with Gasteiger partial charge in [-0.3, -0.25) is 4.79 Å². The Morgan fingerprint density at radius 3 is 2.15 bits per heavy atom. The summed E-state index contributed by atoms with van der Waals surface area (Å²) in [4.78, 5) is 15.1. The van der Waals surface area contributed by atoms with Gasteiger partial charge >= 0.3 is 0 Å². The highest BCUT2D eigenvalue weighted by Crippen LogP contribution is 2.56. The van der Waals surface area contributed by atoms with Gasteiger partial charge in [0.2, 0.25) is 5.91 Å². The highest BCUT2D eigenvalue weighted by Gasteiger charge is 2.51. The van der Waals surface area contributed by atoms with Crippen LogP contribution in [-0.4, -0.2) is 29.8 Å². The van der Waals surface area contributed by atoms with E-state index in [1.165, 1.54) is 32.1 Å². The molecule has 4 saturated carbocycles. The first-order chi connectivity index (χ1) is 9.72. The molecule has 0 spiro atoms. The van der Waals surface area contributed by atoms with Crippen LogP contribution in [0, 0.1) is 29.6 Å². The van der Waals surface area contributed by atoms with Gasteiger partial charge in [0.15, 0.2) is 0 Å². The molecule has 0 N–H and O–H groups in total. The normalized spacial score (nSPS) is 38.2. The Hall–Kier alpha value is -0.240. The van der Waals surface area contributed by atoms with Gasteiger partial charge < -0.3 is 4.90 Å². The number of amides is 1. The Balaban J connectivity index is 1.68. The number of unbranched alkanes of at least 4 members (excludes halogenated alkanes) is 1. The van der Waals surface area contributed by atoms with Crippen molar-refractivity contribution in [3.63, 3.8) is 0 Å². The molecule has 0 radical (unpaired) electrons. The number of hydrogen-bond donors (Lipinski definition) is 0. The number of hydrogen-bond acceptors (Lipinski definition) is 1. The molecule has 2 nitrogen and oxygen atoms in total. The smallest absolute Gasteiger partial charge is 0.226 e. The maximum atomic E-state index is 13.0. The molecule has 4 fully saturated rings. The van der Waals surface area contributed by atoms with E-state index >= 15 is 0 Å². The molecular formula is C17H28ClNO. The molecule has 0 aromatic carbocycles. The van der Waals surface area contributed by atoms with Gasteiger partial charge in [0.1, 0.15) is 0 Å². The summed E-state index contributed by atoms with van der Waals surface area (Å²) in [5.74, 6) is 4.62. The Morgan fingerprint density at radius 1 is 1.05 bits per heavy atom. The highest BCUT2D eigenvalue weighted by molar-refractivity contribution is 6.18. The van der Waals surface area contributed by atoms with E-state index in [1.54, 1.807) is 0 Å². The van der Waals surface area contributed by atoms with Crippen LogP contribution >= 0.6 is 11.6 Å². The third kappa shape index (κ3) is 2.73. The highest BCUT2D eigenvalue weighted by atomic mass is 35.5. The summed E-state index contributed by atoms with van der Waals surface area (Å²) < 4.78 is 0. The zero-order chi connectivity index (χ0) is 14.1. The van der Waals surface area contributed by atoms with Crippen LogP contribution in [0.25, 0.3) is 0 Å². The van der Waals surface area contributed by atoms with Gasteiger partial charge in [0.25, 0.3) is 0 Å². The predicted octanol–water partition coefficient (Wildman–Crippen LogP) is 3.93. The summed E-state index contributed by atoms with van der Waals surface area (Å²) >= 11 is 5.92. The first-order valence-electron chi connectivity index (χ1n) is 8.57. The maximum absolute atomic E-state index is 13.0. The topological polar surface area (TPSA) is 20.3 Å². The third-order valence-electron chi connectivity index (χ3n) is 5.96. The number of rotatable bonds is 6. The van der Waals surface area contributed by atoms with Crippen molar-refractivity contribution in [1.82, 2.24) is 4.90 Å². The van der Waals surface area contributed by atoms with Crippen molar-refractivity contribution < 1.29 is 4.79 Å². The van der Waals surface area contributed by atoms with Crippen molar-refractivity contribution in [2.24, 2.45) is 29.6 Å². The number of alkyl halides is 1. The first kappa shape index (κ1) is 14.7. The molecule has 0 aromatic rings. The van der Waals surface area contributed by atoms with E-state index in [0.717, 1.165) is 37.8 Å². The zero-order valence-electron chi connectivity index (χ0n) is 12.7. The van der Waals surface area contributed by atoms with Crippen molar-refractivity contribution in [2.45, 2.75) is 51.9 Å². The molecule has 3 heteroatoms. The van der Waals surface area contributed by atoms with E-state index in [4.69, 9.17) is 11.6 Å². The number of carbonyl (C=O) groups is 1. The standard InChI is InChI=1S/C17H28ClNO/c1-2-3-5-19(6-4-18)17(20)16-14-8-12-7-13(10-14)11-15(16)9-12/h12-16H,2-11H2,1H3. The van der Waals surface area contributed by atoms with Crippen molar-refractivity contribution in [3.05, 3.63) is 0 Å². The fourth-order valence-electron chi connectivity index (χ4n) is 5.32. The zero-order valence-corrected chi connectivity index (χ0v) is 13.4. The van der Waals surface area contributed by atoms with Crippen molar-refractivity contribution in [2.75, 3.05) is 19.0 Å². The Morgan fingerprint density at radius 2 is 1.65 bits per heavy atom. The van der Waals surface area contributed by atoms with Crippen LogP contribution in [-0.2, 0) is 4.79 Å². The van der Waals surface area contributed by atoms with Crippen LogP contribution in [0.4, 0.5) is 0 Å². The molecule has 4 aliphatic rings. The number of carbonyl (C=O) groups excluding carboxylic acids is 1. The summed E-state index contributed by atoms with van der Waals surface area (Å²) in [5.41, 5.74) is 0. The minimum atomic E-state index is 0.336. The van der Waals surface area contributed by atoms with Gasteiger partial charge in [-0.15, -0.1) is 11.6 Å². The summed E-state index contributed by atoms with van der Waals surface area (Å²) in [6.07, 6.45) is 9.01. The van der Waals surface area contributed by atoms with Crippen LogP contribution in [0.3, 0.4) is 0 Å². The average Bonchev–Trinajstić information content (AvgIpc) is 2.42. The van der Waals surface area contributed by atoms with E-state index in [9.17, 15) is 4.79 Å². The van der Waals surface area contributed by atoms with Crippen LogP contribution in [0.5, 0.6) is 0 Å². The van der Waals surface area contributed by atoms with E-state index < -0.39 is 0 Å². The molecule has 114 valence electrons. The Bertz CT molecular complexity index is 329. The molecule has 0 heterocycles. The van der Waals surface area contributed by atoms with Gasteiger partial charge in [-0.05, 0) is 62.2 Å². The van der Waals surface area contributed by atoms with Crippen molar-refractivity contribution in [1.29, 1.82) is 0 Å².